The molecule has 0 spiro atoms. The standard InChI is InChI=1S/C19H20N2O4/c1-23-17-8-7-13(11-18(17)24-2)9-10-20-19(22)12-15-14-5-3-4-6-16(14)25-21-15/h3-8,11H,9-10,12H2,1-2H3,(H,20,22). The topological polar surface area (TPSA) is 73.6 Å². The van der Waals surface area contributed by atoms with Crippen LogP contribution in [-0.2, 0) is 17.6 Å². The van der Waals surface area contributed by atoms with Crippen LogP contribution in [-0.4, -0.2) is 31.8 Å². The number of amides is 1. The maximum atomic E-state index is 12.1. The van der Waals surface area contributed by atoms with Gasteiger partial charge in [-0.25, -0.2) is 0 Å². The number of hydrogen-bond acceptors (Lipinski definition) is 5. The van der Waals surface area contributed by atoms with Crippen LogP contribution in [0.25, 0.3) is 11.0 Å². The second kappa shape index (κ2) is 7.70. The summed E-state index contributed by atoms with van der Waals surface area (Å²) < 4.78 is 15.7. The molecule has 1 amide bonds. The first-order valence-electron chi connectivity index (χ1n) is 8.02. The molecule has 0 unspecified atom stereocenters. The summed E-state index contributed by atoms with van der Waals surface area (Å²) in [6.07, 6.45) is 0.897. The molecule has 6 nitrogen and oxygen atoms in total. The van der Waals surface area contributed by atoms with E-state index in [0.29, 0.717) is 35.7 Å². The van der Waals surface area contributed by atoms with Crippen molar-refractivity contribution < 1.29 is 18.8 Å². The van der Waals surface area contributed by atoms with Crippen molar-refractivity contribution in [3.63, 3.8) is 0 Å². The number of carbonyl (C=O) groups excluding carboxylic acids is 1. The fourth-order valence-corrected chi connectivity index (χ4v) is 2.66. The highest BCUT2D eigenvalue weighted by Crippen LogP contribution is 2.27. The number of nitrogens with one attached hydrogen (secondary N) is 1. The van der Waals surface area contributed by atoms with E-state index in [1.165, 1.54) is 0 Å². The summed E-state index contributed by atoms with van der Waals surface area (Å²) in [7, 11) is 3.21. The minimum atomic E-state index is -0.0838. The van der Waals surface area contributed by atoms with Gasteiger partial charge in [0.05, 0.1) is 20.6 Å². The molecule has 1 aromatic heterocycles. The lowest BCUT2D eigenvalue weighted by atomic mass is 10.1. The van der Waals surface area contributed by atoms with Crippen LogP contribution in [0.15, 0.2) is 47.0 Å². The lowest BCUT2D eigenvalue weighted by Crippen LogP contribution is -2.27. The Morgan fingerprint density at radius 2 is 1.92 bits per heavy atom. The lowest BCUT2D eigenvalue weighted by molar-refractivity contribution is -0.120. The van der Waals surface area contributed by atoms with Gasteiger partial charge in [0, 0.05) is 11.9 Å². The summed E-state index contributed by atoms with van der Waals surface area (Å²) in [6, 6.07) is 13.2. The largest absolute Gasteiger partial charge is 0.493 e. The molecule has 0 aliphatic carbocycles. The summed E-state index contributed by atoms with van der Waals surface area (Å²) in [4.78, 5) is 12.1. The Morgan fingerprint density at radius 1 is 1.12 bits per heavy atom. The Balaban J connectivity index is 1.54. The van der Waals surface area contributed by atoms with Gasteiger partial charge in [-0.15, -0.1) is 0 Å². The molecule has 0 atom stereocenters. The number of aromatic nitrogens is 1. The molecule has 0 saturated heterocycles. The Labute approximate surface area is 145 Å². The summed E-state index contributed by atoms with van der Waals surface area (Å²) in [5.74, 6) is 1.29. The van der Waals surface area contributed by atoms with Crippen LogP contribution in [0.2, 0.25) is 0 Å². The molecule has 0 radical (unpaired) electrons. The molecule has 0 saturated carbocycles. The molecule has 3 aromatic rings. The minimum absolute atomic E-state index is 0.0838. The zero-order valence-electron chi connectivity index (χ0n) is 14.2. The van der Waals surface area contributed by atoms with Crippen LogP contribution >= 0.6 is 0 Å². The van der Waals surface area contributed by atoms with Gasteiger partial charge in [-0.05, 0) is 36.2 Å². The Hall–Kier alpha value is -3.02. The molecule has 0 aliphatic heterocycles. The van der Waals surface area contributed by atoms with Crippen molar-refractivity contribution in [2.45, 2.75) is 12.8 Å². The fraction of sp³-hybridized carbons (Fsp3) is 0.263. The maximum absolute atomic E-state index is 12.1. The van der Waals surface area contributed by atoms with Crippen molar-refractivity contribution >= 4 is 16.9 Å². The molecule has 3 rings (SSSR count). The van der Waals surface area contributed by atoms with Gasteiger partial charge in [0.1, 0.15) is 5.69 Å². The van der Waals surface area contributed by atoms with E-state index in [1.807, 2.05) is 42.5 Å². The fourth-order valence-electron chi connectivity index (χ4n) is 2.66. The van der Waals surface area contributed by atoms with Gasteiger partial charge in [-0.2, -0.15) is 0 Å². The highest BCUT2D eigenvalue weighted by atomic mass is 16.5. The number of fused-ring (bicyclic) bond motifs is 1. The molecular weight excluding hydrogens is 320 g/mol. The van der Waals surface area contributed by atoms with E-state index in [9.17, 15) is 4.79 Å². The molecule has 1 N–H and O–H groups in total. The summed E-state index contributed by atoms with van der Waals surface area (Å²) >= 11 is 0. The Morgan fingerprint density at radius 3 is 2.72 bits per heavy atom. The van der Waals surface area contributed by atoms with Gasteiger partial charge in [-0.3, -0.25) is 4.79 Å². The first-order chi connectivity index (χ1) is 12.2. The number of methoxy groups -OCH3 is 2. The third-order valence-electron chi connectivity index (χ3n) is 3.96. The van der Waals surface area contributed by atoms with Crippen LogP contribution in [0.1, 0.15) is 11.3 Å². The highest BCUT2D eigenvalue weighted by molar-refractivity contribution is 5.86. The van der Waals surface area contributed by atoms with Crippen molar-refractivity contribution in [3.05, 3.63) is 53.7 Å². The summed E-state index contributed by atoms with van der Waals surface area (Å²) in [6.45, 7) is 0.532. The van der Waals surface area contributed by atoms with E-state index in [1.54, 1.807) is 14.2 Å². The van der Waals surface area contributed by atoms with E-state index >= 15 is 0 Å². The second-order valence-corrected chi connectivity index (χ2v) is 5.59. The van der Waals surface area contributed by atoms with Crippen LogP contribution in [0, 0.1) is 0 Å². The first kappa shape index (κ1) is 16.8. The minimum Gasteiger partial charge on any atom is -0.493 e. The Bertz CT molecular complexity index is 873. The van der Waals surface area contributed by atoms with Gasteiger partial charge in [0.25, 0.3) is 0 Å². The highest BCUT2D eigenvalue weighted by Gasteiger charge is 2.12. The first-order valence-corrected chi connectivity index (χ1v) is 8.02. The molecule has 0 fully saturated rings. The predicted octanol–water partition coefficient (Wildman–Crippen LogP) is 2.75. The number of ether oxygens (including phenoxy) is 2. The zero-order valence-corrected chi connectivity index (χ0v) is 14.2. The van der Waals surface area contributed by atoms with Gasteiger partial charge in [-0.1, -0.05) is 23.4 Å². The van der Waals surface area contributed by atoms with E-state index < -0.39 is 0 Å². The molecule has 25 heavy (non-hydrogen) atoms. The number of rotatable bonds is 7. The van der Waals surface area contributed by atoms with Crippen molar-refractivity contribution in [3.8, 4) is 11.5 Å². The summed E-state index contributed by atoms with van der Waals surface area (Å²) in [5, 5.41) is 7.76. The number of nitrogens with zero attached hydrogens (tertiary/aromatic N) is 1. The lowest BCUT2D eigenvalue weighted by Gasteiger charge is -2.10. The van der Waals surface area contributed by atoms with Crippen molar-refractivity contribution in [2.75, 3.05) is 20.8 Å². The third kappa shape index (κ3) is 3.91. The molecule has 130 valence electrons. The van der Waals surface area contributed by atoms with E-state index in [-0.39, 0.29) is 12.3 Å². The van der Waals surface area contributed by atoms with Crippen molar-refractivity contribution in [2.24, 2.45) is 0 Å². The third-order valence-corrected chi connectivity index (χ3v) is 3.96. The molecular formula is C19H20N2O4. The number of carbonyl (C=O) groups is 1. The normalized spacial score (nSPS) is 10.6. The van der Waals surface area contributed by atoms with Gasteiger partial charge >= 0.3 is 0 Å². The van der Waals surface area contributed by atoms with Gasteiger partial charge in [0.15, 0.2) is 17.1 Å². The number of benzene rings is 2. The van der Waals surface area contributed by atoms with Gasteiger partial charge in [0.2, 0.25) is 5.91 Å². The quantitative estimate of drug-likeness (QED) is 0.716. The Kier molecular flexibility index (Phi) is 5.18. The van der Waals surface area contributed by atoms with E-state index in [4.69, 9.17) is 14.0 Å². The monoisotopic (exact) mass is 340 g/mol. The average Bonchev–Trinajstić information content (AvgIpc) is 3.04. The van der Waals surface area contributed by atoms with Crippen LogP contribution in [0.4, 0.5) is 0 Å². The van der Waals surface area contributed by atoms with Crippen LogP contribution < -0.4 is 14.8 Å². The molecule has 2 aromatic carbocycles. The van der Waals surface area contributed by atoms with Crippen LogP contribution in [0.3, 0.4) is 0 Å². The van der Waals surface area contributed by atoms with Crippen molar-refractivity contribution in [1.82, 2.24) is 10.5 Å². The number of para-hydroxylation sites is 1. The maximum Gasteiger partial charge on any atom is 0.226 e. The second-order valence-electron chi connectivity index (χ2n) is 5.59. The van der Waals surface area contributed by atoms with E-state index in [0.717, 1.165) is 10.9 Å². The summed E-state index contributed by atoms with van der Waals surface area (Å²) in [5.41, 5.74) is 2.40. The molecule has 6 heteroatoms. The predicted molar refractivity (Wildman–Crippen MR) is 94.0 cm³/mol. The average molecular weight is 340 g/mol. The molecule has 0 aliphatic rings. The smallest absolute Gasteiger partial charge is 0.226 e. The van der Waals surface area contributed by atoms with Crippen molar-refractivity contribution in [1.29, 1.82) is 0 Å². The molecule has 0 bridgehead atoms. The van der Waals surface area contributed by atoms with Crippen LogP contribution in [0.5, 0.6) is 11.5 Å². The molecule has 1 heterocycles. The van der Waals surface area contributed by atoms with E-state index in [2.05, 4.69) is 10.5 Å². The SMILES string of the molecule is COc1ccc(CCNC(=O)Cc2noc3ccccc23)cc1OC. The van der Waals surface area contributed by atoms with Gasteiger partial charge < -0.3 is 19.3 Å². The zero-order chi connectivity index (χ0) is 17.6. The number of hydrogen-bond donors (Lipinski definition) is 1.